The largest absolute Gasteiger partial charge is 0.248 e. The summed E-state index contributed by atoms with van der Waals surface area (Å²) in [7, 11) is 0. The summed E-state index contributed by atoms with van der Waals surface area (Å²) in [5.41, 5.74) is 1.28. The summed E-state index contributed by atoms with van der Waals surface area (Å²) in [6.45, 7) is 2.07. The molecule has 0 aromatic heterocycles. The fourth-order valence-corrected chi connectivity index (χ4v) is 0.836. The second kappa shape index (κ2) is 6.23. The van der Waals surface area contributed by atoms with Crippen molar-refractivity contribution < 1.29 is 0 Å². The van der Waals surface area contributed by atoms with E-state index in [1.54, 1.807) is 5.16 Å². The van der Waals surface area contributed by atoms with Gasteiger partial charge < -0.3 is 0 Å². The molecular formula is C8H8BrNS. The van der Waals surface area contributed by atoms with Crippen LogP contribution in [0.15, 0.2) is 28.7 Å². The van der Waals surface area contributed by atoms with Crippen LogP contribution in [0.25, 0.3) is 0 Å². The van der Waals surface area contributed by atoms with E-state index in [4.69, 9.17) is 5.41 Å². The Hall–Kier alpha value is -0.500. The maximum Gasteiger partial charge on any atom is 0.0554 e. The van der Waals surface area contributed by atoms with E-state index in [-0.39, 0.29) is 0 Å². The van der Waals surface area contributed by atoms with Gasteiger partial charge in [0, 0.05) is 4.47 Å². The normalized spacial score (nSPS) is 7.45. The number of benzene rings is 1. The van der Waals surface area contributed by atoms with Gasteiger partial charge in [0.2, 0.25) is 0 Å². The highest BCUT2D eigenvalue weighted by atomic mass is 79.9. The molecule has 3 heteroatoms. The first-order valence-electron chi connectivity index (χ1n) is 2.97. The molecule has 0 fully saturated rings. The van der Waals surface area contributed by atoms with E-state index in [0.29, 0.717) is 0 Å². The van der Waals surface area contributed by atoms with Gasteiger partial charge in [0.15, 0.2) is 0 Å². The van der Waals surface area contributed by atoms with E-state index >= 15 is 0 Å². The van der Waals surface area contributed by atoms with Crippen LogP contribution < -0.4 is 0 Å². The lowest BCUT2D eigenvalue weighted by Gasteiger charge is -1.91. The highest BCUT2D eigenvalue weighted by Gasteiger charge is 1.86. The van der Waals surface area contributed by atoms with E-state index in [2.05, 4.69) is 41.1 Å². The number of hydrogen-bond donors (Lipinski definition) is 1. The second-order valence-electron chi connectivity index (χ2n) is 1.85. The summed E-state index contributed by atoms with van der Waals surface area (Å²) in [5.74, 6) is 0. The Labute approximate surface area is 80.1 Å². The molecule has 0 aliphatic carbocycles. The third-order valence-corrected chi connectivity index (χ3v) is 1.97. The van der Waals surface area contributed by atoms with E-state index in [9.17, 15) is 0 Å². The summed E-state index contributed by atoms with van der Waals surface area (Å²) in [4.78, 5) is 0. The lowest BCUT2D eigenvalue weighted by atomic mass is 10.2. The zero-order chi connectivity index (χ0) is 8.69. The molecule has 0 aliphatic rings. The molecule has 0 aliphatic heterocycles. The van der Waals surface area contributed by atoms with Crippen LogP contribution in [0.2, 0.25) is 0 Å². The van der Waals surface area contributed by atoms with Crippen molar-refractivity contribution in [3.05, 3.63) is 34.3 Å². The van der Waals surface area contributed by atoms with Crippen LogP contribution in [0.4, 0.5) is 0 Å². The first-order chi connectivity index (χ1) is 5.22. The first kappa shape index (κ1) is 10.5. The van der Waals surface area contributed by atoms with Crippen molar-refractivity contribution in [3.63, 3.8) is 0 Å². The van der Waals surface area contributed by atoms with Crippen molar-refractivity contribution in [2.45, 2.75) is 6.92 Å². The topological polar surface area (TPSA) is 23.9 Å². The molecule has 0 saturated heterocycles. The van der Waals surface area contributed by atoms with Gasteiger partial charge in [-0.2, -0.15) is 0 Å². The smallest absolute Gasteiger partial charge is 0.0554 e. The van der Waals surface area contributed by atoms with E-state index in [0.717, 1.165) is 0 Å². The summed E-state index contributed by atoms with van der Waals surface area (Å²) in [6, 6.07) is 8.15. The number of thiocarbonyl (C=S) groups is 1. The van der Waals surface area contributed by atoms with Crippen LogP contribution in [-0.2, 0) is 0 Å². The number of rotatable bonds is 0. The predicted octanol–water partition coefficient (Wildman–Crippen LogP) is 3.43. The van der Waals surface area contributed by atoms with Gasteiger partial charge in [-0.25, -0.2) is 5.41 Å². The van der Waals surface area contributed by atoms with Gasteiger partial charge >= 0.3 is 0 Å². The molecular weight excluding hydrogens is 222 g/mol. The van der Waals surface area contributed by atoms with Crippen molar-refractivity contribution in [3.8, 4) is 0 Å². The van der Waals surface area contributed by atoms with Crippen LogP contribution in [0.1, 0.15) is 5.56 Å². The molecule has 58 valence electrons. The molecule has 0 radical (unpaired) electrons. The van der Waals surface area contributed by atoms with E-state index in [1.165, 1.54) is 10.0 Å². The van der Waals surface area contributed by atoms with Crippen molar-refractivity contribution in [1.82, 2.24) is 0 Å². The fourth-order valence-electron chi connectivity index (χ4n) is 0.551. The average molecular weight is 230 g/mol. The Morgan fingerprint density at radius 1 is 1.45 bits per heavy atom. The molecule has 0 amide bonds. The summed E-state index contributed by atoms with van der Waals surface area (Å²) < 4.78 is 1.18. The number of halogens is 1. The summed E-state index contributed by atoms with van der Waals surface area (Å²) in [6.07, 6.45) is 0. The molecule has 1 rings (SSSR count). The van der Waals surface area contributed by atoms with Crippen LogP contribution in [0.3, 0.4) is 0 Å². The lowest BCUT2D eigenvalue weighted by Crippen LogP contribution is -1.69. The molecule has 0 spiro atoms. The Bertz CT molecular complexity index is 233. The monoisotopic (exact) mass is 229 g/mol. The SMILES string of the molecule is Cc1ccccc1Br.N=C=S. The molecule has 0 saturated carbocycles. The van der Waals surface area contributed by atoms with Gasteiger partial charge in [-0.15, -0.1) is 0 Å². The second-order valence-corrected chi connectivity index (χ2v) is 2.91. The first-order valence-corrected chi connectivity index (χ1v) is 4.17. The number of nitrogens with one attached hydrogen (secondary N) is 1. The Morgan fingerprint density at radius 3 is 2.18 bits per heavy atom. The van der Waals surface area contributed by atoms with Gasteiger partial charge in [0.1, 0.15) is 0 Å². The average Bonchev–Trinajstić information content (AvgIpc) is 1.97. The van der Waals surface area contributed by atoms with Crippen molar-refractivity contribution in [2.24, 2.45) is 0 Å². The minimum Gasteiger partial charge on any atom is -0.248 e. The predicted molar refractivity (Wildman–Crippen MR) is 54.2 cm³/mol. The molecule has 11 heavy (non-hydrogen) atoms. The molecule has 1 N–H and O–H groups in total. The minimum atomic E-state index is 1.18. The Morgan fingerprint density at radius 2 is 1.91 bits per heavy atom. The quantitative estimate of drug-likeness (QED) is 0.535. The van der Waals surface area contributed by atoms with E-state index in [1.807, 2.05) is 18.2 Å². The van der Waals surface area contributed by atoms with Crippen LogP contribution in [0.5, 0.6) is 0 Å². The number of isothiocyanates is 1. The van der Waals surface area contributed by atoms with Gasteiger partial charge in [0.05, 0.1) is 5.16 Å². The zero-order valence-electron chi connectivity index (χ0n) is 6.10. The highest BCUT2D eigenvalue weighted by molar-refractivity contribution is 9.10. The van der Waals surface area contributed by atoms with Crippen LogP contribution >= 0.6 is 28.1 Å². The molecule has 0 atom stereocenters. The highest BCUT2D eigenvalue weighted by Crippen LogP contribution is 2.13. The molecule has 1 nitrogen and oxygen atoms in total. The summed E-state index contributed by atoms with van der Waals surface area (Å²) in [5, 5.41) is 7.36. The van der Waals surface area contributed by atoms with Crippen molar-refractivity contribution in [2.75, 3.05) is 0 Å². The lowest BCUT2D eigenvalue weighted by molar-refractivity contribution is 1.43. The number of aryl methyl sites for hydroxylation is 1. The van der Waals surface area contributed by atoms with E-state index < -0.39 is 0 Å². The maximum atomic E-state index is 5.77. The van der Waals surface area contributed by atoms with Crippen molar-refractivity contribution in [1.29, 1.82) is 5.41 Å². The third kappa shape index (κ3) is 4.85. The van der Waals surface area contributed by atoms with Crippen LogP contribution in [-0.4, -0.2) is 5.16 Å². The number of hydrogen-bond acceptors (Lipinski definition) is 2. The third-order valence-electron chi connectivity index (χ3n) is 1.08. The molecule has 1 aromatic carbocycles. The minimum absolute atomic E-state index is 1.18. The van der Waals surface area contributed by atoms with Gasteiger partial charge in [-0.1, -0.05) is 34.1 Å². The molecule has 0 heterocycles. The Kier molecular flexibility index (Phi) is 5.94. The van der Waals surface area contributed by atoms with Gasteiger partial charge in [-0.05, 0) is 30.8 Å². The summed E-state index contributed by atoms with van der Waals surface area (Å²) >= 11 is 7.21. The molecule has 0 unspecified atom stereocenters. The fraction of sp³-hybridized carbons (Fsp3) is 0.125. The van der Waals surface area contributed by atoms with Gasteiger partial charge in [-0.3, -0.25) is 0 Å². The van der Waals surface area contributed by atoms with Crippen molar-refractivity contribution >= 4 is 33.3 Å². The zero-order valence-corrected chi connectivity index (χ0v) is 8.50. The molecule has 1 aromatic rings. The molecule has 0 bridgehead atoms. The Balaban J connectivity index is 0.000000292. The van der Waals surface area contributed by atoms with Crippen LogP contribution in [0, 0.1) is 12.3 Å². The maximum absolute atomic E-state index is 5.77. The standard InChI is InChI=1S/C7H7Br.CHNS/c1-6-4-2-3-5-7(6)8;2-1-3/h2-5H,1H3;2H. The van der Waals surface area contributed by atoms with Gasteiger partial charge in [0.25, 0.3) is 0 Å².